The normalized spacial score (nSPS) is 10.4. The molecule has 0 spiro atoms. The maximum Gasteiger partial charge on any atom is 0.412 e. The smallest absolute Gasteiger partial charge is 0.412 e. The lowest BCUT2D eigenvalue weighted by Gasteiger charge is -2.04. The number of nitrogens with zero attached hydrogens (tertiary/aromatic N) is 2. The lowest BCUT2D eigenvalue weighted by Crippen LogP contribution is -2.28. The van der Waals surface area contributed by atoms with Crippen molar-refractivity contribution >= 4 is 6.09 Å². The number of ether oxygens (including phenoxy) is 1. The molecule has 24 heavy (non-hydrogen) atoms. The van der Waals surface area contributed by atoms with Gasteiger partial charge in [-0.1, -0.05) is 35.9 Å². The number of nitrogens with one attached hydrogen (secondary N) is 1. The van der Waals surface area contributed by atoms with Gasteiger partial charge in [0.15, 0.2) is 0 Å². The topological polar surface area (TPSA) is 77.2 Å². The molecule has 0 saturated carbocycles. The van der Waals surface area contributed by atoms with Crippen LogP contribution in [0.4, 0.5) is 4.79 Å². The summed E-state index contributed by atoms with van der Waals surface area (Å²) in [5, 5.41) is 10.7. The molecule has 1 aromatic heterocycles. The van der Waals surface area contributed by atoms with Crippen molar-refractivity contribution < 1.29 is 13.9 Å². The molecule has 0 radical (unpaired) electrons. The molecule has 6 heteroatoms. The van der Waals surface area contributed by atoms with Crippen molar-refractivity contribution in [3.05, 3.63) is 66.1 Å². The van der Waals surface area contributed by atoms with Crippen LogP contribution >= 0.6 is 0 Å². The standard InChI is InChI=1S/C18H17N3O3/c1-13-6-5-7-14(12-13)17-21-20-16(24-17)10-11-19-18(22)23-15-8-3-2-4-9-15/h2-9,12H,10-11H2,1H3,(H,19,22). The van der Waals surface area contributed by atoms with Gasteiger partial charge < -0.3 is 14.5 Å². The van der Waals surface area contributed by atoms with Gasteiger partial charge in [0.2, 0.25) is 11.8 Å². The first-order chi connectivity index (χ1) is 11.7. The predicted octanol–water partition coefficient (Wildman–Crippen LogP) is 3.38. The molecule has 1 heterocycles. The number of hydrogen-bond acceptors (Lipinski definition) is 5. The van der Waals surface area contributed by atoms with E-state index in [1.54, 1.807) is 24.3 Å². The van der Waals surface area contributed by atoms with E-state index in [0.717, 1.165) is 11.1 Å². The summed E-state index contributed by atoms with van der Waals surface area (Å²) >= 11 is 0. The first-order valence-electron chi connectivity index (χ1n) is 7.61. The van der Waals surface area contributed by atoms with Gasteiger partial charge in [-0.15, -0.1) is 10.2 Å². The molecule has 0 unspecified atom stereocenters. The van der Waals surface area contributed by atoms with Crippen LogP contribution in [0.25, 0.3) is 11.5 Å². The van der Waals surface area contributed by atoms with E-state index in [0.29, 0.717) is 30.5 Å². The highest BCUT2D eigenvalue weighted by atomic mass is 16.6. The number of benzene rings is 2. The van der Waals surface area contributed by atoms with Crippen LogP contribution in [0.3, 0.4) is 0 Å². The van der Waals surface area contributed by atoms with Gasteiger partial charge >= 0.3 is 6.09 Å². The maximum absolute atomic E-state index is 11.7. The van der Waals surface area contributed by atoms with E-state index in [1.807, 2.05) is 37.3 Å². The number of aromatic nitrogens is 2. The summed E-state index contributed by atoms with van der Waals surface area (Å²) in [4.78, 5) is 11.7. The molecule has 6 nitrogen and oxygen atoms in total. The molecule has 0 aliphatic rings. The van der Waals surface area contributed by atoms with Gasteiger partial charge in [0.05, 0.1) is 0 Å². The third-order valence-corrected chi connectivity index (χ3v) is 3.29. The van der Waals surface area contributed by atoms with E-state index in [2.05, 4.69) is 15.5 Å². The lowest BCUT2D eigenvalue weighted by molar-refractivity contribution is 0.200. The first kappa shape index (κ1) is 15.7. The molecule has 3 aromatic rings. The van der Waals surface area contributed by atoms with E-state index >= 15 is 0 Å². The van der Waals surface area contributed by atoms with E-state index in [1.165, 1.54) is 0 Å². The molecule has 0 aliphatic carbocycles. The van der Waals surface area contributed by atoms with Crippen LogP contribution in [0.1, 0.15) is 11.5 Å². The van der Waals surface area contributed by atoms with Crippen molar-refractivity contribution in [3.63, 3.8) is 0 Å². The van der Waals surface area contributed by atoms with Crippen LogP contribution in [0.15, 0.2) is 59.0 Å². The quantitative estimate of drug-likeness (QED) is 0.779. The third kappa shape index (κ3) is 4.19. The van der Waals surface area contributed by atoms with E-state index in [9.17, 15) is 4.79 Å². The van der Waals surface area contributed by atoms with Crippen LogP contribution in [0.5, 0.6) is 5.75 Å². The SMILES string of the molecule is Cc1cccc(-c2nnc(CCNC(=O)Oc3ccccc3)o2)c1. The minimum Gasteiger partial charge on any atom is -0.421 e. The Balaban J connectivity index is 1.50. The zero-order valence-electron chi connectivity index (χ0n) is 13.2. The molecule has 3 rings (SSSR count). The van der Waals surface area contributed by atoms with Crippen LogP contribution in [0.2, 0.25) is 0 Å². The van der Waals surface area contributed by atoms with Crippen molar-refractivity contribution in [1.82, 2.24) is 15.5 Å². The Labute approximate surface area is 139 Å². The van der Waals surface area contributed by atoms with Crippen molar-refractivity contribution in [2.45, 2.75) is 13.3 Å². The van der Waals surface area contributed by atoms with E-state index in [-0.39, 0.29) is 0 Å². The van der Waals surface area contributed by atoms with Gasteiger partial charge in [0.25, 0.3) is 0 Å². The van der Waals surface area contributed by atoms with Crippen LogP contribution in [0, 0.1) is 6.92 Å². The van der Waals surface area contributed by atoms with Crippen molar-refractivity contribution in [2.24, 2.45) is 0 Å². The molecule has 122 valence electrons. The number of carbonyl (C=O) groups is 1. The van der Waals surface area contributed by atoms with Crippen LogP contribution < -0.4 is 10.1 Å². The summed E-state index contributed by atoms with van der Waals surface area (Å²) in [6.07, 6.45) is -0.0810. The van der Waals surface area contributed by atoms with Gasteiger partial charge in [-0.25, -0.2) is 4.79 Å². The third-order valence-electron chi connectivity index (χ3n) is 3.29. The largest absolute Gasteiger partial charge is 0.421 e. The van der Waals surface area contributed by atoms with Gasteiger partial charge in [-0.05, 0) is 31.2 Å². The molecule has 2 aromatic carbocycles. The number of aryl methyl sites for hydroxylation is 1. The Hall–Kier alpha value is -3.15. The Bertz CT molecular complexity index is 815. The summed E-state index contributed by atoms with van der Waals surface area (Å²) in [5.74, 6) is 1.43. The fraction of sp³-hybridized carbons (Fsp3) is 0.167. The summed E-state index contributed by atoms with van der Waals surface area (Å²) in [6.45, 7) is 2.35. The van der Waals surface area contributed by atoms with Crippen LogP contribution in [-0.2, 0) is 6.42 Å². The first-order valence-corrected chi connectivity index (χ1v) is 7.61. The average molecular weight is 323 g/mol. The van der Waals surface area contributed by atoms with Gasteiger partial charge in [0, 0.05) is 18.5 Å². The number of carbonyl (C=O) groups excluding carboxylic acids is 1. The molecule has 0 bridgehead atoms. The van der Waals surface area contributed by atoms with Gasteiger partial charge in [0.1, 0.15) is 5.75 Å². The maximum atomic E-state index is 11.7. The molecular formula is C18H17N3O3. The Morgan fingerprint density at radius 3 is 2.75 bits per heavy atom. The average Bonchev–Trinajstić information content (AvgIpc) is 3.05. The van der Waals surface area contributed by atoms with Gasteiger partial charge in [-0.2, -0.15) is 0 Å². The molecule has 1 amide bonds. The zero-order chi connectivity index (χ0) is 16.8. The monoisotopic (exact) mass is 323 g/mol. The fourth-order valence-electron chi connectivity index (χ4n) is 2.15. The summed E-state index contributed by atoms with van der Waals surface area (Å²) in [7, 11) is 0. The second kappa shape index (κ2) is 7.41. The van der Waals surface area contributed by atoms with Crippen molar-refractivity contribution in [2.75, 3.05) is 6.54 Å². The lowest BCUT2D eigenvalue weighted by atomic mass is 10.1. The second-order valence-electron chi connectivity index (χ2n) is 5.25. The Kier molecular flexibility index (Phi) is 4.86. The number of rotatable bonds is 5. The number of amides is 1. The highest BCUT2D eigenvalue weighted by Crippen LogP contribution is 2.18. The molecule has 0 aliphatic heterocycles. The minimum atomic E-state index is -0.514. The fourth-order valence-corrected chi connectivity index (χ4v) is 2.15. The van der Waals surface area contributed by atoms with Gasteiger partial charge in [-0.3, -0.25) is 0 Å². The summed E-state index contributed by atoms with van der Waals surface area (Å²) in [6, 6.07) is 16.7. The highest BCUT2D eigenvalue weighted by Gasteiger charge is 2.09. The predicted molar refractivity (Wildman–Crippen MR) is 88.6 cm³/mol. The molecule has 0 fully saturated rings. The van der Waals surface area contributed by atoms with E-state index < -0.39 is 6.09 Å². The molecule has 1 N–H and O–H groups in total. The zero-order valence-corrected chi connectivity index (χ0v) is 13.2. The summed E-state index contributed by atoms with van der Waals surface area (Å²) in [5.41, 5.74) is 2.00. The van der Waals surface area contributed by atoms with E-state index in [4.69, 9.17) is 9.15 Å². The number of hydrogen-bond donors (Lipinski definition) is 1. The van der Waals surface area contributed by atoms with Crippen LogP contribution in [-0.4, -0.2) is 22.8 Å². The second-order valence-corrected chi connectivity index (χ2v) is 5.25. The minimum absolute atomic E-state index is 0.348. The number of para-hydroxylation sites is 1. The Morgan fingerprint density at radius 1 is 1.12 bits per heavy atom. The molecular weight excluding hydrogens is 306 g/mol. The Morgan fingerprint density at radius 2 is 1.96 bits per heavy atom. The highest BCUT2D eigenvalue weighted by molar-refractivity contribution is 5.70. The van der Waals surface area contributed by atoms with Crippen molar-refractivity contribution in [1.29, 1.82) is 0 Å². The molecule has 0 saturated heterocycles. The molecule has 0 atom stereocenters. The van der Waals surface area contributed by atoms with Crippen molar-refractivity contribution in [3.8, 4) is 17.2 Å². The summed E-state index contributed by atoms with van der Waals surface area (Å²) < 4.78 is 10.7.